The molecule has 0 unspecified atom stereocenters. The van der Waals surface area contributed by atoms with E-state index in [1.165, 1.54) is 16.2 Å². The zero-order valence-corrected chi connectivity index (χ0v) is 11.3. The minimum Gasteiger partial charge on any atom is -0.481 e. The van der Waals surface area contributed by atoms with Gasteiger partial charge in [0, 0.05) is 12.6 Å². The summed E-state index contributed by atoms with van der Waals surface area (Å²) in [5.41, 5.74) is 0. The molecule has 0 bridgehead atoms. The quantitative estimate of drug-likeness (QED) is 0.848. The van der Waals surface area contributed by atoms with E-state index in [0.29, 0.717) is 5.13 Å². The Hall–Kier alpha value is -1.70. The van der Waals surface area contributed by atoms with Crippen molar-refractivity contribution in [3.63, 3.8) is 0 Å². The van der Waals surface area contributed by atoms with Gasteiger partial charge >= 0.3 is 12.0 Å². The van der Waals surface area contributed by atoms with Crippen LogP contribution >= 0.6 is 11.3 Å². The molecule has 2 N–H and O–H groups in total. The van der Waals surface area contributed by atoms with E-state index in [2.05, 4.69) is 15.5 Å². The van der Waals surface area contributed by atoms with Crippen LogP contribution in [0.1, 0.15) is 25.3 Å². The summed E-state index contributed by atoms with van der Waals surface area (Å²) in [4.78, 5) is 23.9. The van der Waals surface area contributed by atoms with Gasteiger partial charge in [-0.05, 0) is 20.8 Å². The molecule has 18 heavy (non-hydrogen) atoms. The number of aliphatic carboxylic acids is 1. The van der Waals surface area contributed by atoms with E-state index in [9.17, 15) is 9.59 Å². The number of carboxylic acid groups (broad SMARTS) is 1. The summed E-state index contributed by atoms with van der Waals surface area (Å²) in [6, 6.07) is -0.444. The predicted octanol–water partition coefficient (Wildman–Crippen LogP) is 1.56. The molecular weight excluding hydrogens is 256 g/mol. The highest BCUT2D eigenvalue weighted by Crippen LogP contribution is 2.15. The van der Waals surface area contributed by atoms with Crippen LogP contribution < -0.4 is 5.32 Å². The molecule has 1 aromatic rings. The van der Waals surface area contributed by atoms with Crippen molar-refractivity contribution in [2.24, 2.45) is 0 Å². The molecule has 0 radical (unpaired) electrons. The van der Waals surface area contributed by atoms with E-state index in [0.717, 1.165) is 5.01 Å². The number of aryl methyl sites for hydroxylation is 1. The minimum atomic E-state index is -0.930. The van der Waals surface area contributed by atoms with E-state index in [1.807, 2.05) is 13.8 Å². The average Bonchev–Trinajstić information content (AvgIpc) is 2.63. The summed E-state index contributed by atoms with van der Waals surface area (Å²) in [5, 5.41) is 20.0. The van der Waals surface area contributed by atoms with E-state index >= 15 is 0 Å². The van der Waals surface area contributed by atoms with Crippen molar-refractivity contribution in [1.29, 1.82) is 0 Å². The van der Waals surface area contributed by atoms with Gasteiger partial charge < -0.3 is 10.0 Å². The van der Waals surface area contributed by atoms with Gasteiger partial charge in [-0.1, -0.05) is 11.3 Å². The number of urea groups is 1. The molecule has 2 amide bonds. The SMILES string of the molecule is Cc1nnc(NC(=O)N(CCC(=O)O)C(C)C)s1. The Morgan fingerprint density at radius 2 is 2.11 bits per heavy atom. The first-order chi connectivity index (χ1) is 8.40. The van der Waals surface area contributed by atoms with Crippen molar-refractivity contribution >= 4 is 28.5 Å². The summed E-state index contributed by atoms with van der Waals surface area (Å²) in [6.45, 7) is 5.61. The molecule has 0 saturated heterocycles. The Bertz CT molecular complexity index is 433. The number of hydrogen-bond acceptors (Lipinski definition) is 5. The molecule has 0 spiro atoms. The van der Waals surface area contributed by atoms with Crippen LogP contribution in [0, 0.1) is 6.92 Å². The molecule has 100 valence electrons. The molecule has 1 aromatic heterocycles. The van der Waals surface area contributed by atoms with Gasteiger partial charge in [-0.25, -0.2) is 4.79 Å². The van der Waals surface area contributed by atoms with Crippen LogP contribution in [0.25, 0.3) is 0 Å². The Kier molecular flexibility index (Phi) is 5.02. The number of aromatic nitrogens is 2. The minimum absolute atomic E-state index is 0.0826. The van der Waals surface area contributed by atoms with E-state index in [-0.39, 0.29) is 25.0 Å². The number of amides is 2. The van der Waals surface area contributed by atoms with Gasteiger partial charge in [-0.2, -0.15) is 0 Å². The lowest BCUT2D eigenvalue weighted by Gasteiger charge is -2.25. The first-order valence-electron chi connectivity index (χ1n) is 5.49. The van der Waals surface area contributed by atoms with Crippen LogP contribution in [-0.4, -0.2) is 44.8 Å². The van der Waals surface area contributed by atoms with Gasteiger partial charge in [-0.15, -0.1) is 10.2 Å². The van der Waals surface area contributed by atoms with Gasteiger partial charge in [0.2, 0.25) is 5.13 Å². The first-order valence-corrected chi connectivity index (χ1v) is 6.31. The van der Waals surface area contributed by atoms with Crippen molar-refractivity contribution in [3.8, 4) is 0 Å². The Labute approximate surface area is 109 Å². The molecule has 0 aliphatic rings. The summed E-state index contributed by atoms with van der Waals surface area (Å²) < 4.78 is 0. The zero-order chi connectivity index (χ0) is 13.7. The number of carbonyl (C=O) groups is 2. The lowest BCUT2D eigenvalue weighted by molar-refractivity contribution is -0.137. The first kappa shape index (κ1) is 14.4. The van der Waals surface area contributed by atoms with Gasteiger partial charge in [0.15, 0.2) is 0 Å². The highest BCUT2D eigenvalue weighted by atomic mass is 32.1. The van der Waals surface area contributed by atoms with Gasteiger partial charge in [-0.3, -0.25) is 10.1 Å². The highest BCUT2D eigenvalue weighted by Gasteiger charge is 2.19. The fraction of sp³-hybridized carbons (Fsp3) is 0.600. The number of nitrogens with one attached hydrogen (secondary N) is 1. The molecule has 1 rings (SSSR count). The Morgan fingerprint density at radius 1 is 1.44 bits per heavy atom. The lowest BCUT2D eigenvalue weighted by atomic mass is 10.3. The van der Waals surface area contributed by atoms with Crippen molar-refractivity contribution < 1.29 is 14.7 Å². The molecule has 0 atom stereocenters. The molecule has 1 heterocycles. The number of hydrogen-bond donors (Lipinski definition) is 2. The van der Waals surface area contributed by atoms with Crippen molar-refractivity contribution in [1.82, 2.24) is 15.1 Å². The van der Waals surface area contributed by atoms with Crippen LogP contribution in [0.3, 0.4) is 0 Å². The van der Waals surface area contributed by atoms with Crippen LogP contribution in [-0.2, 0) is 4.79 Å². The third-order valence-electron chi connectivity index (χ3n) is 2.19. The number of nitrogens with zero attached hydrogens (tertiary/aromatic N) is 3. The van der Waals surface area contributed by atoms with Crippen LogP contribution in [0.4, 0.5) is 9.93 Å². The normalized spacial score (nSPS) is 10.4. The highest BCUT2D eigenvalue weighted by molar-refractivity contribution is 7.15. The van der Waals surface area contributed by atoms with Gasteiger partial charge in [0.25, 0.3) is 0 Å². The summed E-state index contributed by atoms with van der Waals surface area (Å²) in [7, 11) is 0. The van der Waals surface area contributed by atoms with Gasteiger partial charge in [0.05, 0.1) is 6.42 Å². The smallest absolute Gasteiger partial charge is 0.323 e. The predicted molar refractivity (Wildman–Crippen MR) is 67.8 cm³/mol. The molecule has 0 aromatic carbocycles. The average molecular weight is 272 g/mol. The second-order valence-corrected chi connectivity index (χ2v) is 5.17. The van der Waals surface area contributed by atoms with Crippen LogP contribution in [0.15, 0.2) is 0 Å². The van der Waals surface area contributed by atoms with Crippen molar-refractivity contribution in [2.75, 3.05) is 11.9 Å². The lowest BCUT2D eigenvalue weighted by Crippen LogP contribution is -2.41. The number of rotatable bonds is 5. The van der Waals surface area contributed by atoms with Crippen LogP contribution in [0.2, 0.25) is 0 Å². The Balaban J connectivity index is 2.62. The Morgan fingerprint density at radius 3 is 2.56 bits per heavy atom. The monoisotopic (exact) mass is 272 g/mol. The topological polar surface area (TPSA) is 95.4 Å². The molecule has 7 nitrogen and oxygen atoms in total. The molecule has 0 aliphatic carbocycles. The molecule has 0 aliphatic heterocycles. The largest absolute Gasteiger partial charge is 0.481 e. The zero-order valence-electron chi connectivity index (χ0n) is 10.5. The number of carbonyl (C=O) groups excluding carboxylic acids is 1. The summed E-state index contributed by atoms with van der Waals surface area (Å²) in [5.74, 6) is -0.930. The van der Waals surface area contributed by atoms with Gasteiger partial charge in [0.1, 0.15) is 5.01 Å². The standard InChI is InChI=1S/C10H16N4O3S/c1-6(2)14(5-4-8(15)16)10(17)11-9-13-12-7(3)18-9/h6H,4-5H2,1-3H3,(H,15,16)(H,11,13,17). The van der Waals surface area contributed by atoms with E-state index in [1.54, 1.807) is 6.92 Å². The molecule has 0 saturated carbocycles. The third kappa shape index (κ3) is 4.28. The summed E-state index contributed by atoms with van der Waals surface area (Å²) >= 11 is 1.27. The maximum Gasteiger partial charge on any atom is 0.323 e. The molecule has 8 heteroatoms. The summed E-state index contributed by atoms with van der Waals surface area (Å²) in [6.07, 6.45) is -0.0826. The fourth-order valence-corrected chi connectivity index (χ4v) is 1.90. The van der Waals surface area contributed by atoms with Crippen molar-refractivity contribution in [2.45, 2.75) is 33.2 Å². The van der Waals surface area contributed by atoms with Crippen molar-refractivity contribution in [3.05, 3.63) is 5.01 Å². The number of anilines is 1. The molecular formula is C10H16N4O3S. The second-order valence-electron chi connectivity index (χ2n) is 3.99. The van der Waals surface area contributed by atoms with E-state index in [4.69, 9.17) is 5.11 Å². The maximum absolute atomic E-state index is 11.9. The number of carboxylic acids is 1. The second kappa shape index (κ2) is 6.29. The van der Waals surface area contributed by atoms with E-state index < -0.39 is 5.97 Å². The fourth-order valence-electron chi connectivity index (χ4n) is 1.32. The maximum atomic E-state index is 11.9. The van der Waals surface area contributed by atoms with Crippen LogP contribution in [0.5, 0.6) is 0 Å². The third-order valence-corrected chi connectivity index (χ3v) is 2.94. The molecule has 0 fully saturated rings.